The SMILES string of the molecule is CCCOC(=O)C(C/C=C/c1ccc(Nc2nc(C)cc(C)n2)cc1)NC(O)c1c(C)cccc1C. The van der Waals surface area contributed by atoms with Gasteiger partial charge < -0.3 is 15.2 Å². The first-order valence-corrected chi connectivity index (χ1v) is 12.3. The third kappa shape index (κ3) is 7.73. The van der Waals surface area contributed by atoms with Gasteiger partial charge in [-0.3, -0.25) is 10.1 Å². The lowest BCUT2D eigenvalue weighted by Gasteiger charge is -2.23. The molecule has 2 unspecified atom stereocenters. The van der Waals surface area contributed by atoms with Crippen LogP contribution < -0.4 is 10.6 Å². The van der Waals surface area contributed by atoms with Crippen molar-refractivity contribution in [2.45, 2.75) is 59.7 Å². The van der Waals surface area contributed by atoms with Gasteiger partial charge in [0.15, 0.2) is 0 Å². The summed E-state index contributed by atoms with van der Waals surface area (Å²) in [5.41, 5.74) is 6.40. The van der Waals surface area contributed by atoms with Crippen molar-refractivity contribution in [2.75, 3.05) is 11.9 Å². The van der Waals surface area contributed by atoms with Crippen LogP contribution in [-0.4, -0.2) is 33.7 Å². The molecule has 0 saturated heterocycles. The molecule has 0 bridgehead atoms. The van der Waals surface area contributed by atoms with E-state index in [0.29, 0.717) is 19.0 Å². The van der Waals surface area contributed by atoms with Gasteiger partial charge in [0.1, 0.15) is 12.3 Å². The highest BCUT2D eigenvalue weighted by atomic mass is 16.5. The normalized spacial score (nSPS) is 12.9. The number of benzene rings is 2. The Kier molecular flexibility index (Phi) is 9.73. The standard InChI is InChI=1S/C29H36N4O3/c1-6-17-36-28(35)25(33-27(34)26-19(2)9-7-10-20(26)3)12-8-11-23-13-15-24(16-14-23)32-29-30-21(4)18-22(5)31-29/h7-11,13-16,18,25,27,33-34H,6,12,17H2,1-5H3,(H,30,31,32)/b11-8+. The molecule has 0 aliphatic heterocycles. The van der Waals surface area contributed by atoms with Crippen LogP contribution >= 0.6 is 0 Å². The van der Waals surface area contributed by atoms with E-state index in [0.717, 1.165) is 45.7 Å². The van der Waals surface area contributed by atoms with E-state index < -0.39 is 12.3 Å². The summed E-state index contributed by atoms with van der Waals surface area (Å²) in [6.07, 6.45) is 4.00. The zero-order valence-electron chi connectivity index (χ0n) is 21.7. The highest BCUT2D eigenvalue weighted by molar-refractivity contribution is 5.76. The summed E-state index contributed by atoms with van der Waals surface area (Å²) in [5.74, 6) is 0.192. The molecule has 7 heteroatoms. The average Bonchev–Trinajstić information content (AvgIpc) is 2.82. The third-order valence-corrected chi connectivity index (χ3v) is 5.74. The van der Waals surface area contributed by atoms with Crippen LogP contribution in [0.25, 0.3) is 6.08 Å². The Hall–Kier alpha value is -3.55. The number of aliphatic hydroxyl groups is 1. The van der Waals surface area contributed by atoms with Crippen molar-refractivity contribution in [3.05, 3.63) is 88.2 Å². The van der Waals surface area contributed by atoms with Crippen molar-refractivity contribution in [3.8, 4) is 0 Å². The molecular formula is C29H36N4O3. The second-order valence-corrected chi connectivity index (χ2v) is 8.95. The fourth-order valence-corrected chi connectivity index (χ4v) is 4.00. The molecule has 0 spiro atoms. The lowest BCUT2D eigenvalue weighted by Crippen LogP contribution is -2.40. The van der Waals surface area contributed by atoms with Gasteiger partial charge >= 0.3 is 5.97 Å². The van der Waals surface area contributed by atoms with Crippen LogP contribution in [0.1, 0.15) is 59.6 Å². The summed E-state index contributed by atoms with van der Waals surface area (Å²) in [7, 11) is 0. The van der Waals surface area contributed by atoms with Crippen molar-refractivity contribution < 1.29 is 14.6 Å². The summed E-state index contributed by atoms with van der Waals surface area (Å²) in [6.45, 7) is 10.1. The van der Waals surface area contributed by atoms with E-state index in [1.54, 1.807) is 0 Å². The average molecular weight is 489 g/mol. The Balaban J connectivity index is 1.66. The first-order chi connectivity index (χ1) is 17.3. The first-order valence-electron chi connectivity index (χ1n) is 12.3. The highest BCUT2D eigenvalue weighted by Crippen LogP contribution is 2.21. The Bertz CT molecular complexity index is 1150. The summed E-state index contributed by atoms with van der Waals surface area (Å²) in [4.78, 5) is 21.5. The monoisotopic (exact) mass is 488 g/mol. The van der Waals surface area contributed by atoms with Gasteiger partial charge in [-0.1, -0.05) is 49.4 Å². The summed E-state index contributed by atoms with van der Waals surface area (Å²) in [5, 5.41) is 17.2. The van der Waals surface area contributed by atoms with Crippen molar-refractivity contribution >= 4 is 23.7 Å². The van der Waals surface area contributed by atoms with Crippen LogP contribution in [0.3, 0.4) is 0 Å². The maximum absolute atomic E-state index is 12.7. The molecule has 0 aliphatic rings. The number of rotatable bonds is 11. The van der Waals surface area contributed by atoms with Gasteiger partial charge in [0.2, 0.25) is 5.95 Å². The van der Waals surface area contributed by atoms with Crippen LogP contribution in [0.5, 0.6) is 0 Å². The number of aryl methyl sites for hydroxylation is 4. The Morgan fingerprint density at radius 1 is 1.03 bits per heavy atom. The third-order valence-electron chi connectivity index (χ3n) is 5.74. The zero-order chi connectivity index (χ0) is 26.1. The van der Waals surface area contributed by atoms with Crippen LogP contribution in [0.2, 0.25) is 0 Å². The number of hydrogen-bond donors (Lipinski definition) is 3. The van der Waals surface area contributed by atoms with E-state index in [1.807, 2.05) is 95.3 Å². The topological polar surface area (TPSA) is 96.4 Å². The number of carbonyl (C=O) groups is 1. The number of hydrogen-bond acceptors (Lipinski definition) is 7. The van der Waals surface area contributed by atoms with Gasteiger partial charge in [0.05, 0.1) is 6.61 Å². The molecule has 1 aromatic heterocycles. The van der Waals surface area contributed by atoms with Gasteiger partial charge in [0.25, 0.3) is 0 Å². The molecule has 190 valence electrons. The van der Waals surface area contributed by atoms with Crippen LogP contribution in [0, 0.1) is 27.7 Å². The van der Waals surface area contributed by atoms with Gasteiger partial charge in [-0.05, 0) is 75.4 Å². The molecule has 36 heavy (non-hydrogen) atoms. The molecular weight excluding hydrogens is 452 g/mol. The molecule has 3 aromatic rings. The molecule has 3 rings (SSSR count). The molecule has 1 heterocycles. The molecule has 2 atom stereocenters. The molecule has 2 aromatic carbocycles. The van der Waals surface area contributed by atoms with Crippen molar-refractivity contribution in [1.29, 1.82) is 0 Å². The molecule has 0 fully saturated rings. The van der Waals surface area contributed by atoms with Crippen LogP contribution in [-0.2, 0) is 9.53 Å². The number of carbonyl (C=O) groups excluding carboxylic acids is 1. The van der Waals surface area contributed by atoms with E-state index in [4.69, 9.17) is 4.74 Å². The van der Waals surface area contributed by atoms with Crippen LogP contribution in [0.4, 0.5) is 11.6 Å². The second kappa shape index (κ2) is 13.0. The lowest BCUT2D eigenvalue weighted by molar-refractivity contribution is -0.147. The van der Waals surface area contributed by atoms with Gasteiger partial charge in [-0.2, -0.15) is 0 Å². The number of anilines is 2. The number of nitrogens with one attached hydrogen (secondary N) is 2. The Labute approximate surface area is 213 Å². The number of nitrogens with zero attached hydrogens (tertiary/aromatic N) is 2. The summed E-state index contributed by atoms with van der Waals surface area (Å²) >= 11 is 0. The maximum atomic E-state index is 12.7. The molecule has 3 N–H and O–H groups in total. The van der Waals surface area contributed by atoms with E-state index >= 15 is 0 Å². The van der Waals surface area contributed by atoms with E-state index in [2.05, 4.69) is 20.6 Å². The first kappa shape index (κ1) is 27.0. The Morgan fingerprint density at radius 2 is 1.67 bits per heavy atom. The number of aromatic nitrogens is 2. The fraction of sp³-hybridized carbons (Fsp3) is 0.345. The minimum Gasteiger partial charge on any atom is -0.465 e. The second-order valence-electron chi connectivity index (χ2n) is 8.95. The highest BCUT2D eigenvalue weighted by Gasteiger charge is 2.23. The number of aliphatic hydroxyl groups excluding tert-OH is 1. The van der Waals surface area contributed by atoms with E-state index in [1.165, 1.54) is 0 Å². The van der Waals surface area contributed by atoms with E-state index in [9.17, 15) is 9.90 Å². The fourth-order valence-electron chi connectivity index (χ4n) is 4.00. The molecule has 0 saturated carbocycles. The van der Waals surface area contributed by atoms with Crippen molar-refractivity contribution in [1.82, 2.24) is 15.3 Å². The predicted octanol–water partition coefficient (Wildman–Crippen LogP) is 5.46. The number of ether oxygens (including phenoxy) is 1. The molecule has 0 amide bonds. The van der Waals surface area contributed by atoms with Crippen LogP contribution in [0.15, 0.2) is 54.6 Å². The smallest absolute Gasteiger partial charge is 0.323 e. The zero-order valence-corrected chi connectivity index (χ0v) is 21.7. The quantitative estimate of drug-likeness (QED) is 0.244. The summed E-state index contributed by atoms with van der Waals surface area (Å²) in [6, 6.07) is 15.0. The minimum atomic E-state index is -0.975. The lowest BCUT2D eigenvalue weighted by atomic mass is 10.0. The van der Waals surface area contributed by atoms with Gasteiger partial charge in [-0.25, -0.2) is 9.97 Å². The minimum absolute atomic E-state index is 0.346. The summed E-state index contributed by atoms with van der Waals surface area (Å²) < 4.78 is 5.38. The molecule has 0 aliphatic carbocycles. The van der Waals surface area contributed by atoms with Crippen molar-refractivity contribution in [2.24, 2.45) is 0 Å². The predicted molar refractivity (Wildman–Crippen MR) is 144 cm³/mol. The van der Waals surface area contributed by atoms with Crippen molar-refractivity contribution in [3.63, 3.8) is 0 Å². The van der Waals surface area contributed by atoms with Gasteiger partial charge in [0, 0.05) is 22.6 Å². The van der Waals surface area contributed by atoms with Gasteiger partial charge in [-0.15, -0.1) is 0 Å². The molecule has 7 nitrogen and oxygen atoms in total. The van der Waals surface area contributed by atoms with E-state index in [-0.39, 0.29) is 5.97 Å². The Morgan fingerprint density at radius 3 is 2.28 bits per heavy atom. The number of esters is 1. The molecule has 0 radical (unpaired) electrons. The largest absolute Gasteiger partial charge is 0.465 e. The maximum Gasteiger partial charge on any atom is 0.323 e.